The smallest absolute Gasteiger partial charge is 0.0742 e. The highest BCUT2D eigenvalue weighted by molar-refractivity contribution is 9.10. The first kappa shape index (κ1) is 14.8. The molecule has 102 valence electrons. The molecule has 0 radical (unpaired) electrons. The number of benzene rings is 1. The van der Waals surface area contributed by atoms with Crippen molar-refractivity contribution in [3.8, 4) is 0 Å². The lowest BCUT2D eigenvalue weighted by Gasteiger charge is -2.19. The Morgan fingerprint density at radius 3 is 2.53 bits per heavy atom. The van der Waals surface area contributed by atoms with Crippen molar-refractivity contribution >= 4 is 31.9 Å². The minimum atomic E-state index is -0.188. The SMILES string of the molecule is Cc1cc(Br)ccc1C(N)c1c(Br)cnn1C(C)C. The average molecular weight is 387 g/mol. The normalized spacial score (nSPS) is 13.0. The van der Waals surface area contributed by atoms with Gasteiger partial charge in [0, 0.05) is 10.5 Å². The summed E-state index contributed by atoms with van der Waals surface area (Å²) in [6, 6.07) is 6.26. The van der Waals surface area contributed by atoms with Gasteiger partial charge in [0.1, 0.15) is 0 Å². The van der Waals surface area contributed by atoms with Crippen LogP contribution in [0.25, 0.3) is 0 Å². The van der Waals surface area contributed by atoms with Gasteiger partial charge in [-0.25, -0.2) is 0 Å². The third kappa shape index (κ3) is 2.93. The molecule has 5 heteroatoms. The molecule has 1 atom stereocenters. The minimum absolute atomic E-state index is 0.188. The number of aryl methyl sites for hydroxylation is 1. The van der Waals surface area contributed by atoms with E-state index in [9.17, 15) is 0 Å². The molecule has 0 aliphatic rings. The van der Waals surface area contributed by atoms with Gasteiger partial charge in [0.2, 0.25) is 0 Å². The number of aromatic nitrogens is 2. The van der Waals surface area contributed by atoms with Gasteiger partial charge < -0.3 is 5.73 Å². The van der Waals surface area contributed by atoms with E-state index in [0.717, 1.165) is 20.2 Å². The van der Waals surface area contributed by atoms with Crippen molar-refractivity contribution in [2.75, 3.05) is 0 Å². The van der Waals surface area contributed by atoms with E-state index in [1.807, 2.05) is 16.9 Å². The van der Waals surface area contributed by atoms with Gasteiger partial charge in [0.25, 0.3) is 0 Å². The van der Waals surface area contributed by atoms with E-state index in [-0.39, 0.29) is 12.1 Å². The second kappa shape index (κ2) is 5.77. The van der Waals surface area contributed by atoms with Crippen LogP contribution < -0.4 is 5.73 Å². The van der Waals surface area contributed by atoms with E-state index in [4.69, 9.17) is 5.73 Å². The molecule has 0 saturated heterocycles. The molecule has 0 aliphatic carbocycles. The fraction of sp³-hybridized carbons (Fsp3) is 0.357. The Morgan fingerprint density at radius 2 is 1.95 bits per heavy atom. The van der Waals surface area contributed by atoms with Gasteiger partial charge >= 0.3 is 0 Å². The lowest BCUT2D eigenvalue weighted by atomic mass is 9.99. The quantitative estimate of drug-likeness (QED) is 0.852. The van der Waals surface area contributed by atoms with E-state index in [0.29, 0.717) is 0 Å². The Hall–Kier alpha value is -0.650. The number of nitrogens with two attached hydrogens (primary N) is 1. The average Bonchev–Trinajstić information content (AvgIpc) is 2.70. The predicted molar refractivity (Wildman–Crippen MR) is 85.2 cm³/mol. The van der Waals surface area contributed by atoms with Crippen LogP contribution in [0.5, 0.6) is 0 Å². The third-order valence-electron chi connectivity index (χ3n) is 3.14. The predicted octanol–water partition coefficient (Wildman–Crippen LogP) is 4.35. The Bertz CT molecular complexity index is 590. The van der Waals surface area contributed by atoms with Crippen molar-refractivity contribution in [1.82, 2.24) is 9.78 Å². The highest BCUT2D eigenvalue weighted by Gasteiger charge is 2.21. The van der Waals surface area contributed by atoms with Gasteiger partial charge in [0.15, 0.2) is 0 Å². The topological polar surface area (TPSA) is 43.8 Å². The zero-order chi connectivity index (χ0) is 14.2. The lowest BCUT2D eigenvalue weighted by molar-refractivity contribution is 0.498. The summed E-state index contributed by atoms with van der Waals surface area (Å²) in [5.74, 6) is 0. The molecule has 0 spiro atoms. The maximum atomic E-state index is 6.44. The van der Waals surface area contributed by atoms with E-state index in [2.05, 4.69) is 69.9 Å². The first-order chi connectivity index (χ1) is 8.91. The molecule has 0 saturated carbocycles. The Labute approximate surface area is 130 Å². The van der Waals surface area contributed by atoms with Crippen molar-refractivity contribution in [3.63, 3.8) is 0 Å². The van der Waals surface area contributed by atoms with Crippen LogP contribution in [-0.4, -0.2) is 9.78 Å². The summed E-state index contributed by atoms with van der Waals surface area (Å²) in [5.41, 5.74) is 9.75. The molecule has 1 unspecified atom stereocenters. The summed E-state index contributed by atoms with van der Waals surface area (Å²) in [7, 11) is 0. The molecule has 0 fully saturated rings. The molecule has 0 aliphatic heterocycles. The van der Waals surface area contributed by atoms with Crippen molar-refractivity contribution in [2.24, 2.45) is 5.73 Å². The summed E-state index contributed by atoms with van der Waals surface area (Å²) in [4.78, 5) is 0. The summed E-state index contributed by atoms with van der Waals surface area (Å²) in [6.07, 6.45) is 1.81. The van der Waals surface area contributed by atoms with Gasteiger partial charge in [-0.3, -0.25) is 4.68 Å². The second-order valence-corrected chi connectivity index (χ2v) is 6.66. The van der Waals surface area contributed by atoms with Gasteiger partial charge in [0.05, 0.1) is 22.4 Å². The van der Waals surface area contributed by atoms with E-state index in [1.54, 1.807) is 0 Å². The van der Waals surface area contributed by atoms with Crippen LogP contribution in [0.2, 0.25) is 0 Å². The molecule has 19 heavy (non-hydrogen) atoms. The summed E-state index contributed by atoms with van der Waals surface area (Å²) >= 11 is 7.03. The molecule has 0 amide bonds. The van der Waals surface area contributed by atoms with Crippen LogP contribution >= 0.6 is 31.9 Å². The number of halogens is 2. The third-order valence-corrected chi connectivity index (χ3v) is 4.24. The van der Waals surface area contributed by atoms with Crippen LogP contribution in [0, 0.1) is 6.92 Å². The van der Waals surface area contributed by atoms with E-state index in [1.165, 1.54) is 5.56 Å². The van der Waals surface area contributed by atoms with Crippen molar-refractivity contribution < 1.29 is 0 Å². The lowest BCUT2D eigenvalue weighted by Crippen LogP contribution is -2.20. The molecule has 1 aromatic heterocycles. The number of rotatable bonds is 3. The maximum absolute atomic E-state index is 6.44. The summed E-state index contributed by atoms with van der Waals surface area (Å²) < 4.78 is 3.99. The molecule has 2 N–H and O–H groups in total. The molecule has 2 rings (SSSR count). The monoisotopic (exact) mass is 385 g/mol. The fourth-order valence-electron chi connectivity index (χ4n) is 2.19. The van der Waals surface area contributed by atoms with Crippen molar-refractivity contribution in [1.29, 1.82) is 0 Å². The molecule has 3 nitrogen and oxygen atoms in total. The molecular weight excluding hydrogens is 370 g/mol. The van der Waals surface area contributed by atoms with Crippen LogP contribution in [0.3, 0.4) is 0 Å². The molecule has 2 aromatic rings. The van der Waals surface area contributed by atoms with Gasteiger partial charge in [-0.2, -0.15) is 5.10 Å². The number of hydrogen-bond acceptors (Lipinski definition) is 2. The second-order valence-electron chi connectivity index (χ2n) is 4.89. The Morgan fingerprint density at radius 1 is 1.26 bits per heavy atom. The minimum Gasteiger partial charge on any atom is -0.319 e. The van der Waals surface area contributed by atoms with Crippen molar-refractivity contribution in [2.45, 2.75) is 32.9 Å². The number of hydrogen-bond donors (Lipinski definition) is 1. The zero-order valence-corrected chi connectivity index (χ0v) is 14.4. The zero-order valence-electron chi connectivity index (χ0n) is 11.2. The maximum Gasteiger partial charge on any atom is 0.0742 e. The van der Waals surface area contributed by atoms with Crippen LogP contribution in [-0.2, 0) is 0 Å². The molecule has 1 aromatic carbocycles. The fourth-order valence-corrected chi connectivity index (χ4v) is 3.18. The number of nitrogens with zero attached hydrogens (tertiary/aromatic N) is 2. The van der Waals surface area contributed by atoms with Crippen LogP contribution in [0.4, 0.5) is 0 Å². The highest BCUT2D eigenvalue weighted by atomic mass is 79.9. The highest BCUT2D eigenvalue weighted by Crippen LogP contribution is 2.31. The molecule has 1 heterocycles. The van der Waals surface area contributed by atoms with E-state index >= 15 is 0 Å². The Balaban J connectivity index is 2.49. The van der Waals surface area contributed by atoms with Gasteiger partial charge in [-0.1, -0.05) is 22.0 Å². The first-order valence-corrected chi connectivity index (χ1v) is 7.75. The summed E-state index contributed by atoms with van der Waals surface area (Å²) in [6.45, 7) is 6.28. The van der Waals surface area contributed by atoms with Gasteiger partial charge in [-0.15, -0.1) is 0 Å². The largest absolute Gasteiger partial charge is 0.319 e. The summed E-state index contributed by atoms with van der Waals surface area (Å²) in [5, 5.41) is 4.39. The first-order valence-electron chi connectivity index (χ1n) is 6.16. The van der Waals surface area contributed by atoms with Gasteiger partial charge in [-0.05, 0) is 60.0 Å². The molecular formula is C14H17Br2N3. The molecule has 0 bridgehead atoms. The Kier molecular flexibility index (Phi) is 4.48. The standard InChI is InChI=1S/C14H17Br2N3/c1-8(2)19-14(12(16)7-18-19)13(17)11-5-4-10(15)6-9(11)3/h4-8,13H,17H2,1-3H3. The van der Waals surface area contributed by atoms with Crippen LogP contribution in [0.15, 0.2) is 33.3 Å². The van der Waals surface area contributed by atoms with Crippen molar-refractivity contribution in [3.05, 3.63) is 50.2 Å². The van der Waals surface area contributed by atoms with Crippen LogP contribution in [0.1, 0.15) is 42.8 Å². The van der Waals surface area contributed by atoms with E-state index < -0.39 is 0 Å².